The Labute approximate surface area is 233 Å². The van der Waals surface area contributed by atoms with Crippen molar-refractivity contribution in [3.05, 3.63) is 58.6 Å². The number of likely N-dealkylation sites (tertiary alicyclic amines) is 1. The van der Waals surface area contributed by atoms with Gasteiger partial charge in [0.2, 0.25) is 5.91 Å². The average molecular weight is 541 g/mol. The molecule has 0 radical (unpaired) electrons. The molecule has 38 heavy (non-hydrogen) atoms. The summed E-state index contributed by atoms with van der Waals surface area (Å²) in [5, 5.41) is 16.7. The van der Waals surface area contributed by atoms with E-state index in [0.29, 0.717) is 30.6 Å². The van der Waals surface area contributed by atoms with Gasteiger partial charge in [0, 0.05) is 55.3 Å². The Kier molecular flexibility index (Phi) is 10.3. The van der Waals surface area contributed by atoms with Crippen LogP contribution in [-0.2, 0) is 21.6 Å². The summed E-state index contributed by atoms with van der Waals surface area (Å²) >= 11 is 6.88. The Bertz CT molecular complexity index is 1080. The van der Waals surface area contributed by atoms with Crippen LogP contribution in [-0.4, -0.2) is 55.8 Å². The fourth-order valence-electron chi connectivity index (χ4n) is 6.62. The third-order valence-electron chi connectivity index (χ3n) is 8.86. The molecule has 2 N–H and O–H groups in total. The van der Waals surface area contributed by atoms with Gasteiger partial charge in [0.15, 0.2) is 0 Å². The van der Waals surface area contributed by atoms with Gasteiger partial charge in [-0.1, -0.05) is 54.9 Å². The summed E-state index contributed by atoms with van der Waals surface area (Å²) in [5.74, 6) is 0.284. The van der Waals surface area contributed by atoms with Crippen molar-refractivity contribution < 1.29 is 14.6 Å². The van der Waals surface area contributed by atoms with E-state index in [-0.39, 0.29) is 17.7 Å². The van der Waals surface area contributed by atoms with Crippen molar-refractivity contribution >= 4 is 17.5 Å². The van der Waals surface area contributed by atoms with Gasteiger partial charge in [0.25, 0.3) is 0 Å². The van der Waals surface area contributed by atoms with Gasteiger partial charge in [-0.05, 0) is 87.6 Å². The van der Waals surface area contributed by atoms with Gasteiger partial charge in [-0.15, -0.1) is 0 Å². The second kappa shape index (κ2) is 13.4. The van der Waals surface area contributed by atoms with Crippen LogP contribution in [0.5, 0.6) is 0 Å². The Morgan fingerprint density at radius 1 is 1.18 bits per heavy atom. The topological polar surface area (TPSA) is 61.8 Å². The lowest BCUT2D eigenvalue weighted by atomic mass is 9.72. The number of carbonyl (C=O) groups excluding carboxylic acids is 1. The summed E-state index contributed by atoms with van der Waals surface area (Å²) in [7, 11) is 3.70. The molecule has 1 aliphatic heterocycles. The normalized spacial score (nSPS) is 23.4. The molecule has 1 saturated carbocycles. The molecule has 1 heterocycles. The van der Waals surface area contributed by atoms with Crippen LogP contribution in [0.15, 0.2) is 42.5 Å². The van der Waals surface area contributed by atoms with Crippen LogP contribution in [0, 0.1) is 11.8 Å². The number of piperidine rings is 1. The highest BCUT2D eigenvalue weighted by molar-refractivity contribution is 6.33. The molecule has 2 aliphatic rings. The van der Waals surface area contributed by atoms with Gasteiger partial charge in [0.1, 0.15) is 0 Å². The zero-order chi connectivity index (χ0) is 27.1. The van der Waals surface area contributed by atoms with Crippen molar-refractivity contribution in [3.63, 3.8) is 0 Å². The molecule has 0 unspecified atom stereocenters. The van der Waals surface area contributed by atoms with Crippen molar-refractivity contribution in [2.24, 2.45) is 11.8 Å². The van der Waals surface area contributed by atoms with E-state index in [0.717, 1.165) is 74.6 Å². The van der Waals surface area contributed by atoms with E-state index >= 15 is 0 Å². The van der Waals surface area contributed by atoms with Gasteiger partial charge in [0.05, 0.1) is 5.60 Å². The Morgan fingerprint density at radius 3 is 2.74 bits per heavy atom. The van der Waals surface area contributed by atoms with Crippen molar-refractivity contribution in [2.75, 3.05) is 33.9 Å². The SMILES string of the molecule is CCc1cccc(-c2c(Cl)cccc2[C@](O)(CCCCOC)[C@@H]2CCCN(C(=O)[C@@H]3CC[C@H](NC)C3)C2)c1. The number of hydrogen-bond donors (Lipinski definition) is 2. The highest BCUT2D eigenvalue weighted by Crippen LogP contribution is 2.46. The molecule has 1 amide bonds. The molecule has 0 bridgehead atoms. The largest absolute Gasteiger partial charge is 0.385 e. The third-order valence-corrected chi connectivity index (χ3v) is 9.17. The van der Waals surface area contributed by atoms with Crippen LogP contribution in [0.25, 0.3) is 11.1 Å². The average Bonchev–Trinajstić information content (AvgIpc) is 3.44. The minimum absolute atomic E-state index is 0.0594. The number of rotatable bonds is 11. The van der Waals surface area contributed by atoms with Crippen molar-refractivity contribution in [1.29, 1.82) is 0 Å². The predicted molar refractivity (Wildman–Crippen MR) is 155 cm³/mol. The first-order valence-electron chi connectivity index (χ1n) is 14.5. The molecule has 6 heteroatoms. The van der Waals surface area contributed by atoms with Gasteiger partial charge in [-0.25, -0.2) is 0 Å². The number of carbonyl (C=O) groups is 1. The van der Waals surface area contributed by atoms with E-state index in [2.05, 4.69) is 36.5 Å². The Hall–Kier alpha value is -1.92. The maximum absolute atomic E-state index is 13.6. The number of benzene rings is 2. The standard InChI is InChI=1S/C32H45ClN2O3/c1-4-23-10-7-11-24(20-23)30-28(13-8-14-29(30)33)32(37,17-5-6-19-38-3)26-12-9-18-35(22-26)31(36)25-15-16-27(21-25)34-2/h7-8,10-11,13-14,20,25-27,34,37H,4-6,9,12,15-19,21-22H2,1-3H3/t25-,26-,27+,32+/m1/s1. The summed E-state index contributed by atoms with van der Waals surface area (Å²) in [4.78, 5) is 15.6. The first kappa shape index (κ1) is 29.1. The van der Waals surface area contributed by atoms with Gasteiger partial charge < -0.3 is 20.1 Å². The number of unbranched alkanes of at least 4 members (excludes halogenated alkanes) is 1. The summed E-state index contributed by atoms with van der Waals surface area (Å²) in [6.45, 7) is 4.17. The molecule has 1 aliphatic carbocycles. The summed E-state index contributed by atoms with van der Waals surface area (Å²) in [6, 6.07) is 14.8. The molecule has 4 atom stereocenters. The zero-order valence-corrected chi connectivity index (χ0v) is 24.1. The van der Waals surface area contributed by atoms with E-state index in [1.54, 1.807) is 7.11 Å². The van der Waals surface area contributed by atoms with Gasteiger partial charge >= 0.3 is 0 Å². The predicted octanol–water partition coefficient (Wildman–Crippen LogP) is 6.20. The van der Waals surface area contributed by atoms with Crippen LogP contribution in [0.3, 0.4) is 0 Å². The van der Waals surface area contributed by atoms with Crippen LogP contribution >= 0.6 is 11.6 Å². The number of aryl methyl sites for hydroxylation is 1. The number of halogens is 1. The highest BCUT2D eigenvalue weighted by atomic mass is 35.5. The molecular formula is C32H45ClN2O3. The van der Waals surface area contributed by atoms with E-state index < -0.39 is 5.60 Å². The molecule has 0 aromatic heterocycles. The van der Waals surface area contributed by atoms with Gasteiger partial charge in [-0.2, -0.15) is 0 Å². The Morgan fingerprint density at radius 2 is 2.00 bits per heavy atom. The van der Waals surface area contributed by atoms with Crippen LogP contribution in [0.4, 0.5) is 0 Å². The maximum atomic E-state index is 13.6. The molecule has 2 aromatic rings. The number of methoxy groups -OCH3 is 1. The third kappa shape index (κ3) is 6.44. The lowest BCUT2D eigenvalue weighted by Crippen LogP contribution is -2.49. The second-order valence-corrected chi connectivity index (χ2v) is 11.6. The smallest absolute Gasteiger partial charge is 0.225 e. The van der Waals surface area contributed by atoms with Crippen molar-refractivity contribution in [1.82, 2.24) is 10.2 Å². The van der Waals surface area contributed by atoms with Crippen LogP contribution in [0.1, 0.15) is 69.4 Å². The molecule has 1 saturated heterocycles. The van der Waals surface area contributed by atoms with Crippen LogP contribution in [0.2, 0.25) is 5.02 Å². The molecule has 5 nitrogen and oxygen atoms in total. The number of ether oxygens (including phenoxy) is 1. The van der Waals surface area contributed by atoms with E-state index in [1.165, 1.54) is 5.56 Å². The highest BCUT2D eigenvalue weighted by Gasteiger charge is 2.44. The minimum atomic E-state index is -1.10. The molecule has 2 fully saturated rings. The number of amides is 1. The van der Waals surface area contributed by atoms with Crippen LogP contribution < -0.4 is 5.32 Å². The number of nitrogens with one attached hydrogen (secondary N) is 1. The first-order valence-corrected chi connectivity index (χ1v) is 14.8. The number of nitrogens with zero attached hydrogens (tertiary/aromatic N) is 1. The molecule has 4 rings (SSSR count). The zero-order valence-electron chi connectivity index (χ0n) is 23.3. The van der Waals surface area contributed by atoms with Crippen molar-refractivity contribution in [3.8, 4) is 11.1 Å². The maximum Gasteiger partial charge on any atom is 0.225 e. The molecule has 0 spiro atoms. The fraction of sp³-hybridized carbons (Fsp3) is 0.594. The second-order valence-electron chi connectivity index (χ2n) is 11.2. The monoisotopic (exact) mass is 540 g/mol. The van der Waals surface area contributed by atoms with Crippen molar-refractivity contribution in [2.45, 2.75) is 76.4 Å². The number of hydrogen-bond acceptors (Lipinski definition) is 4. The summed E-state index contributed by atoms with van der Waals surface area (Å²) in [5.41, 5.74) is 2.97. The molecule has 2 aromatic carbocycles. The summed E-state index contributed by atoms with van der Waals surface area (Å²) < 4.78 is 5.31. The minimum Gasteiger partial charge on any atom is -0.385 e. The van der Waals surface area contributed by atoms with Gasteiger partial charge in [-0.3, -0.25) is 4.79 Å². The first-order chi connectivity index (χ1) is 18.4. The lowest BCUT2D eigenvalue weighted by molar-refractivity contribution is -0.141. The van der Waals surface area contributed by atoms with E-state index in [1.807, 2.05) is 30.1 Å². The number of aliphatic hydroxyl groups is 1. The van der Waals surface area contributed by atoms with E-state index in [9.17, 15) is 9.90 Å². The molecule has 208 valence electrons. The molecular weight excluding hydrogens is 496 g/mol. The fourth-order valence-corrected chi connectivity index (χ4v) is 6.90. The van der Waals surface area contributed by atoms with E-state index in [4.69, 9.17) is 16.3 Å². The Balaban J connectivity index is 1.68. The summed E-state index contributed by atoms with van der Waals surface area (Å²) in [6.07, 6.45) is 7.94. The quantitative estimate of drug-likeness (QED) is 0.333. The lowest BCUT2D eigenvalue weighted by Gasteiger charge is -2.44.